The van der Waals surface area contributed by atoms with Crippen LogP contribution < -0.4 is 5.32 Å². The number of aryl methyl sites for hydroxylation is 1. The van der Waals surface area contributed by atoms with Gasteiger partial charge in [-0.3, -0.25) is 4.79 Å². The zero-order chi connectivity index (χ0) is 18.4. The van der Waals surface area contributed by atoms with E-state index in [1.54, 1.807) is 11.3 Å². The van der Waals surface area contributed by atoms with Crippen molar-refractivity contribution < 1.29 is 4.79 Å². The molecule has 136 valence electrons. The molecule has 4 heteroatoms. The van der Waals surface area contributed by atoms with Crippen molar-refractivity contribution in [2.45, 2.75) is 46.0 Å². The normalized spacial score (nSPS) is 11.0. The summed E-state index contributed by atoms with van der Waals surface area (Å²) in [4.78, 5) is 19.9. The summed E-state index contributed by atoms with van der Waals surface area (Å²) >= 11 is 1.70. The van der Waals surface area contributed by atoms with E-state index in [0.29, 0.717) is 5.56 Å². The maximum absolute atomic E-state index is 12.8. The van der Waals surface area contributed by atoms with Gasteiger partial charge in [0.05, 0.1) is 21.7 Å². The molecule has 0 aliphatic rings. The van der Waals surface area contributed by atoms with Gasteiger partial charge in [-0.05, 0) is 37.6 Å². The third-order valence-corrected chi connectivity index (χ3v) is 5.54. The van der Waals surface area contributed by atoms with Gasteiger partial charge in [-0.1, -0.05) is 50.8 Å². The van der Waals surface area contributed by atoms with Gasteiger partial charge in [0.25, 0.3) is 5.91 Å². The molecule has 3 rings (SSSR count). The predicted molar refractivity (Wildman–Crippen MR) is 111 cm³/mol. The van der Waals surface area contributed by atoms with Crippen LogP contribution in [0.3, 0.4) is 0 Å². The van der Waals surface area contributed by atoms with Gasteiger partial charge in [-0.2, -0.15) is 0 Å². The molecule has 3 aromatic rings. The molecule has 0 atom stereocenters. The van der Waals surface area contributed by atoms with Crippen LogP contribution >= 0.6 is 11.3 Å². The van der Waals surface area contributed by atoms with Gasteiger partial charge in [-0.15, -0.1) is 11.3 Å². The van der Waals surface area contributed by atoms with Gasteiger partial charge < -0.3 is 5.32 Å². The highest BCUT2D eigenvalue weighted by Gasteiger charge is 2.14. The summed E-state index contributed by atoms with van der Waals surface area (Å²) in [6, 6.07) is 14.0. The van der Waals surface area contributed by atoms with Gasteiger partial charge in [-0.25, -0.2) is 4.98 Å². The van der Waals surface area contributed by atoms with Crippen LogP contribution in [0.25, 0.3) is 21.5 Å². The van der Waals surface area contributed by atoms with Crippen molar-refractivity contribution in [1.82, 2.24) is 10.3 Å². The Morgan fingerprint density at radius 3 is 2.65 bits per heavy atom. The molecule has 0 aliphatic heterocycles. The highest BCUT2D eigenvalue weighted by molar-refractivity contribution is 7.15. The average molecular weight is 367 g/mol. The molecule has 3 nitrogen and oxygen atoms in total. The van der Waals surface area contributed by atoms with Crippen molar-refractivity contribution in [3.05, 3.63) is 52.9 Å². The van der Waals surface area contributed by atoms with Crippen LogP contribution in [0, 0.1) is 6.92 Å². The number of amides is 1. The molecule has 0 radical (unpaired) electrons. The minimum absolute atomic E-state index is 0.00591. The van der Waals surface area contributed by atoms with E-state index in [4.69, 9.17) is 4.98 Å². The first-order valence-electron chi connectivity index (χ1n) is 9.44. The second-order valence-corrected chi connectivity index (χ2v) is 7.94. The maximum atomic E-state index is 12.8. The van der Waals surface area contributed by atoms with E-state index >= 15 is 0 Å². The van der Waals surface area contributed by atoms with E-state index < -0.39 is 0 Å². The lowest BCUT2D eigenvalue weighted by Gasteiger charge is -2.10. The van der Waals surface area contributed by atoms with E-state index in [0.717, 1.165) is 34.4 Å². The monoisotopic (exact) mass is 366 g/mol. The predicted octanol–water partition coefficient (Wildman–Crippen LogP) is 5.97. The smallest absolute Gasteiger partial charge is 0.252 e. The number of aromatic nitrogens is 1. The SMILES string of the molecule is CCCCCCCNC(=O)c1cc(-c2ccc(C)s2)nc2ccccc12. The molecule has 0 saturated heterocycles. The lowest BCUT2D eigenvalue weighted by Crippen LogP contribution is -2.24. The molecule has 0 unspecified atom stereocenters. The fourth-order valence-corrected chi connectivity index (χ4v) is 3.92. The number of carbonyl (C=O) groups is 1. The van der Waals surface area contributed by atoms with Crippen LogP contribution in [-0.4, -0.2) is 17.4 Å². The average Bonchev–Trinajstić information content (AvgIpc) is 3.10. The van der Waals surface area contributed by atoms with E-state index in [1.165, 1.54) is 30.6 Å². The number of para-hydroxylation sites is 1. The molecule has 2 aromatic heterocycles. The first kappa shape index (κ1) is 18.6. The highest BCUT2D eigenvalue weighted by atomic mass is 32.1. The summed E-state index contributed by atoms with van der Waals surface area (Å²) in [5, 5.41) is 4.00. The van der Waals surface area contributed by atoms with Crippen molar-refractivity contribution >= 4 is 28.1 Å². The fourth-order valence-electron chi connectivity index (χ4n) is 3.09. The summed E-state index contributed by atoms with van der Waals surface area (Å²) in [7, 11) is 0. The molecule has 1 N–H and O–H groups in total. The minimum Gasteiger partial charge on any atom is -0.352 e. The number of nitrogens with zero attached hydrogens (tertiary/aromatic N) is 1. The topological polar surface area (TPSA) is 42.0 Å². The number of benzene rings is 1. The van der Waals surface area contributed by atoms with Gasteiger partial charge in [0.2, 0.25) is 0 Å². The zero-order valence-electron chi connectivity index (χ0n) is 15.5. The molecule has 0 bridgehead atoms. The molecule has 0 aliphatic carbocycles. The number of carbonyl (C=O) groups excluding carboxylic acids is 1. The van der Waals surface area contributed by atoms with Gasteiger partial charge >= 0.3 is 0 Å². The van der Waals surface area contributed by atoms with Crippen LogP contribution in [0.15, 0.2) is 42.5 Å². The molecule has 0 saturated carbocycles. The summed E-state index contributed by atoms with van der Waals surface area (Å²) in [5.41, 5.74) is 2.45. The van der Waals surface area contributed by atoms with Gasteiger partial charge in [0.1, 0.15) is 0 Å². The Balaban J connectivity index is 1.80. The number of hydrogen-bond donors (Lipinski definition) is 1. The van der Waals surface area contributed by atoms with Crippen molar-refractivity contribution in [2.24, 2.45) is 0 Å². The van der Waals surface area contributed by atoms with Gasteiger partial charge in [0.15, 0.2) is 0 Å². The third-order valence-electron chi connectivity index (χ3n) is 4.52. The summed E-state index contributed by atoms with van der Waals surface area (Å²) in [6.45, 7) is 5.02. The standard InChI is InChI=1S/C22H26N2OS/c1-3-4-5-6-9-14-23-22(25)18-15-20(21-13-12-16(2)26-21)24-19-11-8-7-10-17(18)19/h7-8,10-13,15H,3-6,9,14H2,1-2H3,(H,23,25). The summed E-state index contributed by atoms with van der Waals surface area (Å²) in [5.74, 6) is -0.00591. The zero-order valence-corrected chi connectivity index (χ0v) is 16.4. The number of fused-ring (bicyclic) bond motifs is 1. The van der Waals surface area contributed by atoms with Crippen molar-refractivity contribution in [1.29, 1.82) is 0 Å². The summed E-state index contributed by atoms with van der Waals surface area (Å²) < 4.78 is 0. The van der Waals surface area contributed by atoms with Crippen LogP contribution in [0.4, 0.5) is 0 Å². The Morgan fingerprint density at radius 2 is 1.88 bits per heavy atom. The molecule has 1 aromatic carbocycles. The largest absolute Gasteiger partial charge is 0.352 e. The second-order valence-electron chi connectivity index (χ2n) is 6.65. The van der Waals surface area contributed by atoms with Gasteiger partial charge in [0, 0.05) is 16.8 Å². The summed E-state index contributed by atoms with van der Waals surface area (Å²) in [6.07, 6.45) is 5.95. The molecule has 26 heavy (non-hydrogen) atoms. The number of rotatable bonds is 8. The number of pyridine rings is 1. The Bertz CT molecular complexity index is 885. The third kappa shape index (κ3) is 4.50. The number of nitrogens with one attached hydrogen (secondary N) is 1. The van der Waals surface area contributed by atoms with Crippen LogP contribution in [-0.2, 0) is 0 Å². The number of hydrogen-bond acceptors (Lipinski definition) is 3. The quantitative estimate of drug-likeness (QED) is 0.499. The molecule has 0 spiro atoms. The lowest BCUT2D eigenvalue weighted by atomic mass is 10.1. The van der Waals surface area contributed by atoms with E-state index in [2.05, 4.69) is 31.3 Å². The van der Waals surface area contributed by atoms with E-state index in [9.17, 15) is 4.79 Å². The van der Waals surface area contributed by atoms with Crippen LogP contribution in [0.2, 0.25) is 0 Å². The second kappa shape index (κ2) is 8.95. The molecular formula is C22H26N2OS. The van der Waals surface area contributed by atoms with E-state index in [1.807, 2.05) is 30.3 Å². The Morgan fingerprint density at radius 1 is 1.08 bits per heavy atom. The van der Waals surface area contributed by atoms with E-state index in [-0.39, 0.29) is 5.91 Å². The maximum Gasteiger partial charge on any atom is 0.252 e. The number of thiophene rings is 1. The first-order chi connectivity index (χ1) is 12.7. The Hall–Kier alpha value is -2.20. The molecular weight excluding hydrogens is 340 g/mol. The fraction of sp³-hybridized carbons (Fsp3) is 0.364. The number of unbranched alkanes of at least 4 members (excludes halogenated alkanes) is 4. The van der Waals surface area contributed by atoms with Crippen LogP contribution in [0.5, 0.6) is 0 Å². The minimum atomic E-state index is -0.00591. The highest BCUT2D eigenvalue weighted by Crippen LogP contribution is 2.29. The van der Waals surface area contributed by atoms with Crippen molar-refractivity contribution in [2.75, 3.05) is 6.54 Å². The molecule has 0 fully saturated rings. The Kier molecular flexibility index (Phi) is 6.40. The lowest BCUT2D eigenvalue weighted by molar-refractivity contribution is 0.0954. The van der Waals surface area contributed by atoms with Crippen LogP contribution in [0.1, 0.15) is 54.3 Å². The molecule has 2 heterocycles. The Labute approximate surface area is 159 Å². The van der Waals surface area contributed by atoms with Crippen molar-refractivity contribution in [3.63, 3.8) is 0 Å². The first-order valence-corrected chi connectivity index (χ1v) is 10.3. The molecule has 1 amide bonds. The van der Waals surface area contributed by atoms with Crippen molar-refractivity contribution in [3.8, 4) is 10.6 Å².